The number of aryl methyl sites for hydroxylation is 1. The average Bonchev–Trinajstić information content (AvgIpc) is 2.86. The molecular formula is C32H35N. The highest BCUT2D eigenvalue weighted by Crippen LogP contribution is 2.29. The number of rotatable bonds is 9. The van der Waals surface area contributed by atoms with Crippen molar-refractivity contribution >= 4 is 16.9 Å². The molecule has 0 fully saturated rings. The van der Waals surface area contributed by atoms with Gasteiger partial charge in [-0.05, 0) is 80.2 Å². The van der Waals surface area contributed by atoms with Crippen LogP contribution in [0.25, 0.3) is 5.57 Å². The van der Waals surface area contributed by atoms with E-state index in [0.29, 0.717) is 0 Å². The number of nitrogens with zero attached hydrogens (tertiary/aromatic N) is 1. The lowest BCUT2D eigenvalue weighted by atomic mass is 9.99. The fourth-order valence-corrected chi connectivity index (χ4v) is 3.94. The van der Waals surface area contributed by atoms with Gasteiger partial charge in [0.05, 0.1) is 0 Å². The molecule has 0 aromatic heterocycles. The summed E-state index contributed by atoms with van der Waals surface area (Å²) in [7, 11) is 0. The van der Waals surface area contributed by atoms with E-state index in [2.05, 4.69) is 129 Å². The summed E-state index contributed by atoms with van der Waals surface area (Å²) in [6.07, 6.45) is 23.7. The molecule has 1 aliphatic carbocycles. The maximum absolute atomic E-state index is 3.89. The first kappa shape index (κ1) is 24.1. The van der Waals surface area contributed by atoms with Crippen LogP contribution in [0.3, 0.4) is 0 Å². The van der Waals surface area contributed by atoms with Gasteiger partial charge >= 0.3 is 0 Å². The summed E-state index contributed by atoms with van der Waals surface area (Å²) in [5.74, 6) is 0. The molecule has 0 saturated carbocycles. The van der Waals surface area contributed by atoms with E-state index in [4.69, 9.17) is 0 Å². The lowest BCUT2D eigenvalue weighted by molar-refractivity contribution is 1.04. The van der Waals surface area contributed by atoms with Crippen LogP contribution < -0.4 is 4.90 Å². The second-order valence-electron chi connectivity index (χ2n) is 8.14. The van der Waals surface area contributed by atoms with Crippen LogP contribution in [0.5, 0.6) is 0 Å². The number of allylic oxidation sites excluding steroid dienone is 12. The number of hydrogen-bond donors (Lipinski definition) is 0. The fraction of sp³-hybridized carbons (Fsp3) is 0.188. The predicted octanol–water partition coefficient (Wildman–Crippen LogP) is 9.06. The molecule has 0 aliphatic heterocycles. The van der Waals surface area contributed by atoms with E-state index >= 15 is 0 Å². The molecule has 0 atom stereocenters. The maximum atomic E-state index is 3.89. The van der Waals surface area contributed by atoms with Gasteiger partial charge in [-0.2, -0.15) is 0 Å². The largest absolute Gasteiger partial charge is 0.338 e. The van der Waals surface area contributed by atoms with E-state index in [1.807, 2.05) is 13.0 Å². The molecule has 2 aromatic rings. The van der Waals surface area contributed by atoms with E-state index < -0.39 is 0 Å². The minimum atomic E-state index is 0.770. The summed E-state index contributed by atoms with van der Waals surface area (Å²) >= 11 is 0. The molecule has 0 bridgehead atoms. The quantitative estimate of drug-likeness (QED) is 0.356. The first-order valence-corrected chi connectivity index (χ1v) is 11.8. The Morgan fingerprint density at radius 2 is 1.61 bits per heavy atom. The topological polar surface area (TPSA) is 3.24 Å². The van der Waals surface area contributed by atoms with E-state index in [9.17, 15) is 0 Å². The van der Waals surface area contributed by atoms with Gasteiger partial charge in [-0.25, -0.2) is 0 Å². The van der Waals surface area contributed by atoms with Crippen molar-refractivity contribution in [2.45, 2.75) is 33.6 Å². The lowest BCUT2D eigenvalue weighted by Crippen LogP contribution is -2.17. The molecule has 0 amide bonds. The molecular weight excluding hydrogens is 398 g/mol. The van der Waals surface area contributed by atoms with Crippen LogP contribution in [0.15, 0.2) is 127 Å². The summed E-state index contributed by atoms with van der Waals surface area (Å²) in [4.78, 5) is 2.35. The Balaban J connectivity index is 1.89. The Kier molecular flexibility index (Phi) is 9.08. The molecule has 1 nitrogen and oxygen atoms in total. The Morgan fingerprint density at radius 1 is 0.909 bits per heavy atom. The third kappa shape index (κ3) is 6.70. The fourth-order valence-electron chi connectivity index (χ4n) is 3.94. The van der Waals surface area contributed by atoms with E-state index in [1.54, 1.807) is 0 Å². The van der Waals surface area contributed by atoms with E-state index in [0.717, 1.165) is 25.0 Å². The molecule has 3 rings (SSSR count). The number of anilines is 2. The van der Waals surface area contributed by atoms with Gasteiger partial charge in [0.1, 0.15) is 0 Å². The van der Waals surface area contributed by atoms with Crippen molar-refractivity contribution in [1.29, 1.82) is 0 Å². The smallest absolute Gasteiger partial charge is 0.0415 e. The molecule has 0 radical (unpaired) electrons. The predicted molar refractivity (Wildman–Crippen MR) is 147 cm³/mol. The summed E-state index contributed by atoms with van der Waals surface area (Å²) < 4.78 is 0. The summed E-state index contributed by atoms with van der Waals surface area (Å²) in [6.45, 7) is 10.9. The van der Waals surface area contributed by atoms with Crippen LogP contribution >= 0.6 is 0 Å². The van der Waals surface area contributed by atoms with Crippen LogP contribution in [0, 0.1) is 6.92 Å². The summed E-state index contributed by atoms with van der Waals surface area (Å²) in [5, 5.41) is 0. The van der Waals surface area contributed by atoms with Gasteiger partial charge in [0.15, 0.2) is 0 Å². The van der Waals surface area contributed by atoms with E-state index in [-0.39, 0.29) is 0 Å². The Morgan fingerprint density at radius 3 is 2.18 bits per heavy atom. The molecule has 2 aromatic carbocycles. The normalized spacial score (nSPS) is 14.7. The highest BCUT2D eigenvalue weighted by Gasteiger charge is 2.09. The minimum absolute atomic E-state index is 0.770. The monoisotopic (exact) mass is 433 g/mol. The van der Waals surface area contributed by atoms with Gasteiger partial charge in [-0.1, -0.05) is 97.2 Å². The van der Waals surface area contributed by atoms with Crippen molar-refractivity contribution in [2.75, 3.05) is 11.4 Å². The highest BCUT2D eigenvalue weighted by atomic mass is 15.1. The standard InChI is InChI=1S/C32H35N/c1-5-12-27(7-3)28(13-6-2)16-11-25-33(31-21-17-26(4)18-22-31)32-23-19-30(20-24-32)29-14-9-8-10-15-29/h5-7,9,11-24H,2,8,10,25H2,1,3-4H3/b12-5-,16-11-,27-7+,28-13+. The Hall–Kier alpha value is -3.58. The van der Waals surface area contributed by atoms with Crippen LogP contribution in [0.2, 0.25) is 0 Å². The third-order valence-corrected chi connectivity index (χ3v) is 5.73. The highest BCUT2D eigenvalue weighted by molar-refractivity contribution is 5.76. The van der Waals surface area contributed by atoms with Crippen LogP contribution in [0.1, 0.15) is 37.8 Å². The second kappa shape index (κ2) is 12.5. The molecule has 0 unspecified atom stereocenters. The Labute approximate surface area is 200 Å². The van der Waals surface area contributed by atoms with Crippen LogP contribution in [-0.2, 0) is 0 Å². The van der Waals surface area contributed by atoms with Crippen LogP contribution in [0.4, 0.5) is 11.4 Å². The molecule has 33 heavy (non-hydrogen) atoms. The molecule has 1 heteroatoms. The molecule has 0 spiro atoms. The van der Waals surface area contributed by atoms with E-state index in [1.165, 1.54) is 33.6 Å². The number of hydrogen-bond acceptors (Lipinski definition) is 1. The summed E-state index contributed by atoms with van der Waals surface area (Å²) in [5.41, 5.74) is 8.56. The number of benzene rings is 2. The van der Waals surface area contributed by atoms with Gasteiger partial charge in [0, 0.05) is 17.9 Å². The zero-order valence-corrected chi connectivity index (χ0v) is 20.2. The first-order chi connectivity index (χ1) is 16.2. The van der Waals surface area contributed by atoms with Gasteiger partial charge < -0.3 is 4.90 Å². The van der Waals surface area contributed by atoms with Gasteiger partial charge in [0.25, 0.3) is 0 Å². The van der Waals surface area contributed by atoms with Crippen LogP contribution in [-0.4, -0.2) is 6.54 Å². The molecule has 0 saturated heterocycles. The first-order valence-electron chi connectivity index (χ1n) is 11.8. The maximum Gasteiger partial charge on any atom is 0.0415 e. The molecule has 0 heterocycles. The zero-order chi connectivity index (χ0) is 23.5. The Bertz CT molecular complexity index is 1100. The van der Waals surface area contributed by atoms with Crippen molar-refractivity contribution in [3.05, 3.63) is 138 Å². The SMILES string of the molecule is C=C/C=C(\C=C/CN(c1ccc(C)cc1)c1ccc(C2=CCCC=C2)cc1)C(/C=C\C)=C/C. The second-order valence-corrected chi connectivity index (χ2v) is 8.14. The lowest BCUT2D eigenvalue weighted by Gasteiger charge is -2.24. The van der Waals surface area contributed by atoms with Crippen molar-refractivity contribution in [2.24, 2.45) is 0 Å². The van der Waals surface area contributed by atoms with Gasteiger partial charge in [0.2, 0.25) is 0 Å². The average molecular weight is 434 g/mol. The molecule has 1 aliphatic rings. The van der Waals surface area contributed by atoms with Crippen molar-refractivity contribution < 1.29 is 0 Å². The van der Waals surface area contributed by atoms with Gasteiger partial charge in [-0.15, -0.1) is 0 Å². The molecule has 0 N–H and O–H groups in total. The molecule has 168 valence electrons. The van der Waals surface area contributed by atoms with Crippen molar-refractivity contribution in [1.82, 2.24) is 0 Å². The van der Waals surface area contributed by atoms with Crippen molar-refractivity contribution in [3.8, 4) is 0 Å². The van der Waals surface area contributed by atoms with Crippen molar-refractivity contribution in [3.63, 3.8) is 0 Å². The third-order valence-electron chi connectivity index (χ3n) is 5.73. The summed E-state index contributed by atoms with van der Waals surface area (Å²) in [6, 6.07) is 17.6. The minimum Gasteiger partial charge on any atom is -0.338 e. The van der Waals surface area contributed by atoms with Gasteiger partial charge in [-0.3, -0.25) is 0 Å². The zero-order valence-electron chi connectivity index (χ0n) is 20.2.